The first kappa shape index (κ1) is 21.2. The molecule has 8 nitrogen and oxygen atoms in total. The highest BCUT2D eigenvalue weighted by Crippen LogP contribution is 2.24. The Kier molecular flexibility index (Phi) is 7.38. The molecule has 28 heavy (non-hydrogen) atoms. The zero-order chi connectivity index (χ0) is 20.6. The lowest BCUT2D eigenvalue weighted by atomic mass is 10.3. The summed E-state index contributed by atoms with van der Waals surface area (Å²) in [5, 5.41) is 8.07. The number of rotatable bonds is 8. The number of hydrogen-bond acceptors (Lipinski definition) is 6. The van der Waals surface area contributed by atoms with Gasteiger partial charge in [0.2, 0.25) is 5.95 Å². The lowest BCUT2D eigenvalue weighted by Crippen LogP contribution is -2.21. The van der Waals surface area contributed by atoms with Gasteiger partial charge in [-0.15, -0.1) is 13.2 Å². The highest BCUT2D eigenvalue weighted by Gasteiger charge is 2.30. The van der Waals surface area contributed by atoms with Crippen LogP contribution in [0.1, 0.15) is 6.42 Å². The summed E-state index contributed by atoms with van der Waals surface area (Å²) >= 11 is 0. The maximum Gasteiger partial charge on any atom is 0.573 e. The maximum atomic E-state index is 12.1. The van der Waals surface area contributed by atoms with Crippen molar-refractivity contribution < 1.29 is 22.7 Å². The molecule has 0 aliphatic carbocycles. The third kappa shape index (κ3) is 8.08. The molecular weight excluding hydrogens is 377 g/mol. The van der Waals surface area contributed by atoms with Gasteiger partial charge in [0.15, 0.2) is 0 Å². The van der Waals surface area contributed by atoms with Crippen molar-refractivity contribution in [1.29, 1.82) is 0 Å². The van der Waals surface area contributed by atoms with Crippen molar-refractivity contribution >= 4 is 23.5 Å². The van der Waals surface area contributed by atoms with Crippen LogP contribution in [-0.2, 0) is 0 Å². The highest BCUT2D eigenvalue weighted by molar-refractivity contribution is 5.98. The smallest absolute Gasteiger partial charge is 0.406 e. The third-order valence-electron chi connectivity index (χ3n) is 3.31. The molecule has 0 bridgehead atoms. The molecule has 2 amide bonds. The molecule has 2 rings (SSSR count). The van der Waals surface area contributed by atoms with Crippen molar-refractivity contribution in [2.24, 2.45) is 0 Å². The van der Waals surface area contributed by atoms with E-state index in [-0.39, 0.29) is 17.4 Å². The number of aromatic nitrogens is 2. The number of halogens is 3. The number of urea groups is 1. The summed E-state index contributed by atoms with van der Waals surface area (Å²) in [6.45, 7) is 1.64. The Balaban J connectivity index is 1.84. The van der Waals surface area contributed by atoms with Crippen LogP contribution in [0, 0.1) is 0 Å². The molecular formula is C17H21F3N6O2. The fourth-order valence-electron chi connectivity index (χ4n) is 2.13. The number of nitrogens with one attached hydrogen (secondary N) is 3. The van der Waals surface area contributed by atoms with Crippen molar-refractivity contribution in [1.82, 2.24) is 14.9 Å². The summed E-state index contributed by atoms with van der Waals surface area (Å²) < 4.78 is 40.2. The second-order valence-corrected chi connectivity index (χ2v) is 6.00. The van der Waals surface area contributed by atoms with Gasteiger partial charge in [0.1, 0.15) is 11.6 Å². The van der Waals surface area contributed by atoms with Gasteiger partial charge in [0.25, 0.3) is 0 Å². The molecule has 0 aliphatic rings. The first-order valence-corrected chi connectivity index (χ1v) is 8.37. The molecule has 0 aliphatic heterocycles. The van der Waals surface area contributed by atoms with Crippen LogP contribution < -0.4 is 20.7 Å². The van der Waals surface area contributed by atoms with Crippen LogP contribution in [0.25, 0.3) is 0 Å². The van der Waals surface area contributed by atoms with Gasteiger partial charge in [-0.05, 0) is 57.4 Å². The third-order valence-corrected chi connectivity index (χ3v) is 3.31. The number of anilines is 3. The topological polar surface area (TPSA) is 91.4 Å². The number of amides is 2. The lowest BCUT2D eigenvalue weighted by Gasteiger charge is -2.11. The van der Waals surface area contributed by atoms with Crippen molar-refractivity contribution in [3.05, 3.63) is 36.5 Å². The largest absolute Gasteiger partial charge is 0.573 e. The van der Waals surface area contributed by atoms with Crippen LogP contribution in [0.4, 0.5) is 35.4 Å². The second-order valence-electron chi connectivity index (χ2n) is 6.00. The monoisotopic (exact) mass is 398 g/mol. The fraction of sp³-hybridized carbons (Fsp3) is 0.353. The summed E-state index contributed by atoms with van der Waals surface area (Å²) in [5.74, 6) is 0.277. The molecule has 11 heteroatoms. The van der Waals surface area contributed by atoms with Gasteiger partial charge in [-0.25, -0.2) is 9.78 Å². The van der Waals surface area contributed by atoms with Gasteiger partial charge in [-0.1, -0.05) is 0 Å². The van der Waals surface area contributed by atoms with Gasteiger partial charge >= 0.3 is 12.4 Å². The minimum absolute atomic E-state index is 0.0899. The predicted molar refractivity (Wildman–Crippen MR) is 99.5 cm³/mol. The number of alkyl halides is 3. The Hall–Kier alpha value is -3.08. The Morgan fingerprint density at radius 2 is 1.86 bits per heavy atom. The molecule has 0 radical (unpaired) electrons. The Bertz CT molecular complexity index is 768. The van der Waals surface area contributed by atoms with Crippen LogP contribution in [-0.4, -0.2) is 54.4 Å². The van der Waals surface area contributed by atoms with Gasteiger partial charge in [0.05, 0.1) is 0 Å². The lowest BCUT2D eigenvalue weighted by molar-refractivity contribution is -0.274. The number of nitrogens with zero attached hydrogens (tertiary/aromatic N) is 3. The molecule has 152 valence electrons. The number of hydrogen-bond donors (Lipinski definition) is 3. The van der Waals surface area contributed by atoms with Gasteiger partial charge in [0, 0.05) is 18.4 Å². The normalized spacial score (nSPS) is 11.2. The van der Waals surface area contributed by atoms with Crippen LogP contribution >= 0.6 is 0 Å². The molecule has 2 aromatic rings. The maximum absolute atomic E-state index is 12.1. The van der Waals surface area contributed by atoms with Crippen LogP contribution in [0.5, 0.6) is 5.75 Å². The molecule has 0 spiro atoms. The number of carbonyl (C=O) groups excluding carboxylic acids is 1. The van der Waals surface area contributed by atoms with Crippen molar-refractivity contribution in [2.75, 3.05) is 43.1 Å². The van der Waals surface area contributed by atoms with Crippen LogP contribution in [0.15, 0.2) is 36.5 Å². The summed E-state index contributed by atoms with van der Waals surface area (Å²) in [7, 11) is 3.98. The molecule has 0 saturated heterocycles. The van der Waals surface area contributed by atoms with Crippen molar-refractivity contribution in [2.45, 2.75) is 12.8 Å². The quantitative estimate of drug-likeness (QED) is 0.591. The Morgan fingerprint density at radius 1 is 1.14 bits per heavy atom. The van der Waals surface area contributed by atoms with Crippen LogP contribution in [0.2, 0.25) is 0 Å². The van der Waals surface area contributed by atoms with Crippen LogP contribution in [0.3, 0.4) is 0 Å². The van der Waals surface area contributed by atoms with E-state index >= 15 is 0 Å². The average molecular weight is 398 g/mol. The van der Waals surface area contributed by atoms with Gasteiger partial charge in [-0.2, -0.15) is 4.98 Å². The van der Waals surface area contributed by atoms with E-state index in [9.17, 15) is 18.0 Å². The van der Waals surface area contributed by atoms with E-state index in [2.05, 4.69) is 35.6 Å². The summed E-state index contributed by atoms with van der Waals surface area (Å²) in [6, 6.07) is 5.80. The van der Waals surface area contributed by atoms with E-state index in [4.69, 9.17) is 0 Å². The number of carbonyl (C=O) groups is 1. The molecule has 1 heterocycles. The molecule has 3 N–H and O–H groups in total. The van der Waals surface area contributed by atoms with E-state index in [0.29, 0.717) is 12.4 Å². The van der Waals surface area contributed by atoms with E-state index in [0.717, 1.165) is 25.1 Å². The van der Waals surface area contributed by atoms with E-state index in [1.807, 2.05) is 14.1 Å². The summed E-state index contributed by atoms with van der Waals surface area (Å²) in [6.07, 6.45) is -2.34. The summed E-state index contributed by atoms with van der Waals surface area (Å²) in [5.41, 5.74) is 0.282. The van der Waals surface area contributed by atoms with Gasteiger partial charge < -0.3 is 20.3 Å². The highest BCUT2D eigenvalue weighted by atomic mass is 19.4. The minimum atomic E-state index is -4.77. The predicted octanol–water partition coefficient (Wildman–Crippen LogP) is 3.38. The zero-order valence-electron chi connectivity index (χ0n) is 15.4. The Morgan fingerprint density at radius 3 is 2.50 bits per heavy atom. The Labute approximate surface area is 160 Å². The first-order valence-electron chi connectivity index (χ1n) is 8.37. The molecule has 1 aromatic carbocycles. The summed E-state index contributed by atoms with van der Waals surface area (Å²) in [4.78, 5) is 22.2. The van der Waals surface area contributed by atoms with E-state index in [1.54, 1.807) is 6.07 Å². The standard InChI is InChI=1S/C17H21F3N6O2/c1-26(2)11-3-9-21-14-8-10-22-15(24-14)25-16(27)23-12-4-6-13(7-5-12)28-17(18,19)20/h4-8,10H,3,9,11H2,1-2H3,(H3,21,22,23,24,25,27). The van der Waals surface area contributed by atoms with Crippen molar-refractivity contribution in [3.8, 4) is 5.75 Å². The second kappa shape index (κ2) is 9.74. The van der Waals surface area contributed by atoms with E-state index in [1.165, 1.54) is 18.3 Å². The number of benzene rings is 1. The SMILES string of the molecule is CN(C)CCCNc1ccnc(NC(=O)Nc2ccc(OC(F)(F)F)cc2)n1. The zero-order valence-corrected chi connectivity index (χ0v) is 15.4. The molecule has 0 fully saturated rings. The molecule has 0 atom stereocenters. The van der Waals surface area contributed by atoms with Gasteiger partial charge in [-0.3, -0.25) is 5.32 Å². The fourth-order valence-corrected chi connectivity index (χ4v) is 2.13. The molecule has 1 aromatic heterocycles. The molecule has 0 saturated carbocycles. The minimum Gasteiger partial charge on any atom is -0.406 e. The average Bonchev–Trinajstić information content (AvgIpc) is 2.59. The van der Waals surface area contributed by atoms with E-state index < -0.39 is 12.4 Å². The first-order chi connectivity index (χ1) is 13.2. The van der Waals surface area contributed by atoms with Crippen molar-refractivity contribution in [3.63, 3.8) is 0 Å². The molecule has 0 unspecified atom stereocenters. The number of ether oxygens (including phenoxy) is 1.